The normalized spacial score (nSPS) is 12.2. The third kappa shape index (κ3) is 6.70. The van der Waals surface area contributed by atoms with Gasteiger partial charge in [0, 0.05) is 31.9 Å². The van der Waals surface area contributed by atoms with Crippen molar-refractivity contribution in [3.05, 3.63) is 149 Å². The van der Waals surface area contributed by atoms with Crippen molar-refractivity contribution in [3.63, 3.8) is 0 Å². The molecule has 0 aliphatic rings. The number of para-hydroxylation sites is 2. The lowest BCUT2D eigenvalue weighted by Gasteiger charge is -2.15. The molecule has 45 heavy (non-hydrogen) atoms. The number of amides is 2. The number of thioether (sulfide) groups is 1. The maximum absolute atomic E-state index is 13.8. The molecule has 6 nitrogen and oxygen atoms in total. The third-order valence-electron chi connectivity index (χ3n) is 7.26. The fourth-order valence-corrected chi connectivity index (χ4v) is 6.20. The Kier molecular flexibility index (Phi) is 8.82. The summed E-state index contributed by atoms with van der Waals surface area (Å²) < 4.78 is 1.79. The molecule has 8 heteroatoms. The van der Waals surface area contributed by atoms with Crippen LogP contribution in [-0.4, -0.2) is 27.5 Å². The van der Waals surface area contributed by atoms with Crippen molar-refractivity contribution in [2.45, 2.75) is 17.1 Å². The van der Waals surface area contributed by atoms with E-state index >= 15 is 0 Å². The number of nitrogens with one attached hydrogen (secondary N) is 2. The Morgan fingerprint density at radius 1 is 0.756 bits per heavy atom. The Bertz CT molecular complexity index is 2020. The first-order valence-electron chi connectivity index (χ1n) is 14.3. The molecule has 1 aromatic heterocycles. The fourth-order valence-electron chi connectivity index (χ4n) is 5.11. The van der Waals surface area contributed by atoms with E-state index < -0.39 is 17.1 Å². The van der Waals surface area contributed by atoms with E-state index in [4.69, 9.17) is 11.6 Å². The van der Waals surface area contributed by atoms with Gasteiger partial charge in [0.05, 0.1) is 16.3 Å². The van der Waals surface area contributed by atoms with Crippen LogP contribution in [0, 0.1) is 0 Å². The second-order valence-corrected chi connectivity index (χ2v) is 12.2. The molecule has 0 aliphatic heterocycles. The van der Waals surface area contributed by atoms with Crippen LogP contribution in [0.2, 0.25) is 5.02 Å². The number of halogens is 1. The number of carbonyl (C=O) groups is 3. The van der Waals surface area contributed by atoms with Crippen LogP contribution in [-0.2, 0) is 4.79 Å². The monoisotopic (exact) mass is 629 g/mol. The maximum atomic E-state index is 13.8. The Balaban J connectivity index is 1.22. The van der Waals surface area contributed by atoms with Crippen molar-refractivity contribution < 1.29 is 14.4 Å². The van der Waals surface area contributed by atoms with Gasteiger partial charge in [0.1, 0.15) is 5.70 Å². The molecule has 2 N–H and O–H groups in total. The standard InChI is InChI=1S/C37H28ClN3O3S/c1-24(37(44)41-33-16-7-5-14-30(33)31-15-6-8-17-34(31)41)45-29-13-9-12-28(23-29)39-36(43)32(22-25-18-20-27(38)21-19-25)40-35(42)26-10-3-2-4-11-26/h2-24H,1H3,(H,39,43)(H,40,42)/b32-22+. The van der Waals surface area contributed by atoms with Gasteiger partial charge in [-0.25, -0.2) is 0 Å². The highest BCUT2D eigenvalue weighted by atomic mass is 35.5. The zero-order valence-corrected chi connectivity index (χ0v) is 25.8. The average molecular weight is 630 g/mol. The van der Waals surface area contributed by atoms with Crippen LogP contribution in [0.1, 0.15) is 27.6 Å². The minimum Gasteiger partial charge on any atom is -0.321 e. The number of hydrogen-bond acceptors (Lipinski definition) is 4. The van der Waals surface area contributed by atoms with E-state index in [2.05, 4.69) is 10.6 Å². The molecular weight excluding hydrogens is 602 g/mol. The molecule has 2 amide bonds. The molecule has 0 radical (unpaired) electrons. The smallest absolute Gasteiger partial charge is 0.272 e. The van der Waals surface area contributed by atoms with Crippen molar-refractivity contribution in [1.82, 2.24) is 9.88 Å². The summed E-state index contributed by atoms with van der Waals surface area (Å²) in [7, 11) is 0. The molecule has 0 spiro atoms. The van der Waals surface area contributed by atoms with Crippen molar-refractivity contribution in [2.24, 2.45) is 0 Å². The third-order valence-corrected chi connectivity index (χ3v) is 8.60. The van der Waals surface area contributed by atoms with Crippen molar-refractivity contribution in [3.8, 4) is 0 Å². The molecule has 1 atom stereocenters. The van der Waals surface area contributed by atoms with Gasteiger partial charge < -0.3 is 10.6 Å². The van der Waals surface area contributed by atoms with Crippen molar-refractivity contribution in [1.29, 1.82) is 0 Å². The molecule has 0 bridgehead atoms. The Hall–Kier alpha value is -5.11. The van der Waals surface area contributed by atoms with Crippen LogP contribution >= 0.6 is 23.4 Å². The predicted octanol–water partition coefficient (Wildman–Crippen LogP) is 8.68. The Morgan fingerprint density at radius 2 is 1.38 bits per heavy atom. The molecule has 6 aromatic rings. The molecule has 5 aromatic carbocycles. The number of nitrogens with zero attached hydrogens (tertiary/aromatic N) is 1. The summed E-state index contributed by atoms with van der Waals surface area (Å²) in [6, 6.07) is 38.8. The summed E-state index contributed by atoms with van der Waals surface area (Å²) in [6.45, 7) is 1.88. The number of fused-ring (bicyclic) bond motifs is 3. The lowest BCUT2D eigenvalue weighted by Crippen LogP contribution is -2.30. The molecule has 1 heterocycles. The highest BCUT2D eigenvalue weighted by Crippen LogP contribution is 2.32. The van der Waals surface area contributed by atoms with Gasteiger partial charge in [-0.05, 0) is 73.2 Å². The van der Waals surface area contributed by atoms with Gasteiger partial charge in [0.25, 0.3) is 11.8 Å². The summed E-state index contributed by atoms with van der Waals surface area (Å²) >= 11 is 7.45. The fraction of sp³-hybridized carbons (Fsp3) is 0.0541. The molecule has 0 fully saturated rings. The number of hydrogen-bond donors (Lipinski definition) is 2. The molecule has 0 aliphatic carbocycles. The number of anilines is 1. The average Bonchev–Trinajstić information content (AvgIpc) is 3.40. The van der Waals surface area contributed by atoms with Crippen LogP contribution in [0.25, 0.3) is 27.9 Å². The molecule has 6 rings (SSSR count). The Labute approximate surface area is 269 Å². The van der Waals surface area contributed by atoms with Crippen LogP contribution < -0.4 is 10.6 Å². The topological polar surface area (TPSA) is 80.2 Å². The lowest BCUT2D eigenvalue weighted by molar-refractivity contribution is -0.113. The van der Waals surface area contributed by atoms with E-state index in [0.29, 0.717) is 21.8 Å². The number of aromatic nitrogens is 1. The van der Waals surface area contributed by atoms with Gasteiger partial charge in [-0.15, -0.1) is 11.8 Å². The maximum Gasteiger partial charge on any atom is 0.272 e. The van der Waals surface area contributed by atoms with Gasteiger partial charge in [-0.2, -0.15) is 0 Å². The van der Waals surface area contributed by atoms with Crippen LogP contribution in [0.4, 0.5) is 5.69 Å². The predicted molar refractivity (Wildman–Crippen MR) is 184 cm³/mol. The van der Waals surface area contributed by atoms with Gasteiger partial charge in [0.2, 0.25) is 5.91 Å². The summed E-state index contributed by atoms with van der Waals surface area (Å²) in [4.78, 5) is 41.1. The quantitative estimate of drug-likeness (QED) is 0.130. The van der Waals surface area contributed by atoms with Crippen molar-refractivity contribution >= 4 is 74.7 Å². The SMILES string of the molecule is CC(Sc1cccc(NC(=O)/C(=C\c2ccc(Cl)cc2)NC(=O)c2ccccc2)c1)C(=O)n1c2ccccc2c2ccccc21. The molecule has 1 unspecified atom stereocenters. The summed E-state index contributed by atoms with van der Waals surface area (Å²) in [5.41, 5.74) is 3.45. The first-order valence-corrected chi connectivity index (χ1v) is 15.6. The molecule has 0 saturated heterocycles. The van der Waals surface area contributed by atoms with Gasteiger partial charge in [0.15, 0.2) is 0 Å². The highest BCUT2D eigenvalue weighted by molar-refractivity contribution is 8.00. The molecule has 222 valence electrons. The zero-order chi connectivity index (χ0) is 31.3. The van der Waals surface area contributed by atoms with E-state index in [-0.39, 0.29) is 11.6 Å². The van der Waals surface area contributed by atoms with E-state index in [1.807, 2.05) is 79.7 Å². The second-order valence-electron chi connectivity index (χ2n) is 10.4. The van der Waals surface area contributed by atoms with E-state index in [1.54, 1.807) is 65.2 Å². The Morgan fingerprint density at radius 3 is 2.04 bits per heavy atom. The van der Waals surface area contributed by atoms with Crippen LogP contribution in [0.5, 0.6) is 0 Å². The number of carbonyl (C=O) groups excluding carboxylic acids is 3. The van der Waals surface area contributed by atoms with Gasteiger partial charge in [-0.1, -0.05) is 84.4 Å². The molecular formula is C37H28ClN3O3S. The highest BCUT2D eigenvalue weighted by Gasteiger charge is 2.22. The van der Waals surface area contributed by atoms with Crippen LogP contribution in [0.15, 0.2) is 138 Å². The second kappa shape index (κ2) is 13.3. The van der Waals surface area contributed by atoms with Gasteiger partial charge >= 0.3 is 0 Å². The zero-order valence-electron chi connectivity index (χ0n) is 24.2. The van der Waals surface area contributed by atoms with E-state index in [1.165, 1.54) is 11.8 Å². The summed E-state index contributed by atoms with van der Waals surface area (Å²) in [5.74, 6) is -0.942. The van der Waals surface area contributed by atoms with Crippen LogP contribution in [0.3, 0.4) is 0 Å². The summed E-state index contributed by atoms with van der Waals surface area (Å²) in [5, 5.41) is 7.86. The number of rotatable bonds is 8. The van der Waals surface area contributed by atoms with Crippen molar-refractivity contribution in [2.75, 3.05) is 5.32 Å². The minimum atomic E-state index is -0.495. The lowest BCUT2D eigenvalue weighted by atomic mass is 10.1. The van der Waals surface area contributed by atoms with E-state index in [0.717, 1.165) is 26.7 Å². The number of benzene rings is 5. The summed E-state index contributed by atoms with van der Waals surface area (Å²) in [6.07, 6.45) is 1.59. The van der Waals surface area contributed by atoms with Gasteiger partial charge in [-0.3, -0.25) is 19.0 Å². The molecule has 0 saturated carbocycles. The first-order chi connectivity index (χ1) is 21.9. The first kappa shape index (κ1) is 29.9. The largest absolute Gasteiger partial charge is 0.321 e. The van der Waals surface area contributed by atoms with E-state index in [9.17, 15) is 14.4 Å². The minimum absolute atomic E-state index is 0.0383.